The molecule has 5 heteroatoms. The van der Waals surface area contributed by atoms with Crippen LogP contribution in [-0.2, 0) is 13.5 Å². The Balaban J connectivity index is 1.87. The molecule has 84 valence electrons. The van der Waals surface area contributed by atoms with E-state index >= 15 is 0 Å². The number of aliphatic hydroxyl groups is 1. The van der Waals surface area contributed by atoms with Crippen molar-refractivity contribution in [2.45, 2.75) is 37.8 Å². The standard InChI is InChI=1S/C10H18N4O/c1-10(15,6-11-8-3-4-8)5-9-12-7-13-14(9)2/h7-8,11,15H,3-6H2,1-2H3. The van der Waals surface area contributed by atoms with E-state index in [1.807, 2.05) is 14.0 Å². The minimum Gasteiger partial charge on any atom is -0.388 e. The molecule has 0 radical (unpaired) electrons. The van der Waals surface area contributed by atoms with Crippen molar-refractivity contribution in [2.24, 2.45) is 7.05 Å². The van der Waals surface area contributed by atoms with Gasteiger partial charge in [0.25, 0.3) is 0 Å². The molecule has 0 bridgehead atoms. The van der Waals surface area contributed by atoms with E-state index in [-0.39, 0.29) is 0 Å². The Morgan fingerprint density at radius 1 is 1.67 bits per heavy atom. The summed E-state index contributed by atoms with van der Waals surface area (Å²) in [6.45, 7) is 2.45. The molecule has 2 N–H and O–H groups in total. The first-order chi connectivity index (χ1) is 7.07. The highest BCUT2D eigenvalue weighted by Crippen LogP contribution is 2.20. The molecule has 1 saturated carbocycles. The van der Waals surface area contributed by atoms with Crippen molar-refractivity contribution < 1.29 is 5.11 Å². The number of aromatic nitrogens is 3. The van der Waals surface area contributed by atoms with Gasteiger partial charge in [0.05, 0.1) is 5.60 Å². The van der Waals surface area contributed by atoms with Crippen molar-refractivity contribution in [1.82, 2.24) is 20.1 Å². The summed E-state index contributed by atoms with van der Waals surface area (Å²) in [5.41, 5.74) is -0.747. The molecule has 1 aliphatic carbocycles. The molecular weight excluding hydrogens is 192 g/mol. The largest absolute Gasteiger partial charge is 0.388 e. The van der Waals surface area contributed by atoms with Crippen molar-refractivity contribution in [3.05, 3.63) is 12.2 Å². The third kappa shape index (κ3) is 3.00. The lowest BCUT2D eigenvalue weighted by Crippen LogP contribution is -2.41. The van der Waals surface area contributed by atoms with Crippen LogP contribution >= 0.6 is 0 Å². The van der Waals surface area contributed by atoms with Gasteiger partial charge in [-0.25, -0.2) is 4.98 Å². The van der Waals surface area contributed by atoms with Gasteiger partial charge in [-0.3, -0.25) is 4.68 Å². The van der Waals surface area contributed by atoms with Crippen LogP contribution in [0, 0.1) is 0 Å². The van der Waals surface area contributed by atoms with Gasteiger partial charge in [0.2, 0.25) is 0 Å². The summed E-state index contributed by atoms with van der Waals surface area (Å²) in [6.07, 6.45) is 4.52. The molecule has 0 aromatic carbocycles. The van der Waals surface area contributed by atoms with Crippen LogP contribution in [0.25, 0.3) is 0 Å². The highest BCUT2D eigenvalue weighted by molar-refractivity contribution is 4.94. The lowest BCUT2D eigenvalue weighted by molar-refractivity contribution is 0.0568. The van der Waals surface area contributed by atoms with Crippen LogP contribution in [0.15, 0.2) is 6.33 Å². The molecule has 0 saturated heterocycles. The van der Waals surface area contributed by atoms with E-state index in [0.29, 0.717) is 19.0 Å². The number of nitrogens with zero attached hydrogens (tertiary/aromatic N) is 3. The van der Waals surface area contributed by atoms with Gasteiger partial charge in [0, 0.05) is 26.1 Å². The molecule has 0 spiro atoms. The molecule has 0 aliphatic heterocycles. The second-order valence-electron chi connectivity index (χ2n) is 4.63. The van der Waals surface area contributed by atoms with Gasteiger partial charge >= 0.3 is 0 Å². The molecule has 1 unspecified atom stereocenters. The van der Waals surface area contributed by atoms with E-state index in [1.54, 1.807) is 4.68 Å². The maximum absolute atomic E-state index is 10.1. The molecule has 1 aliphatic rings. The Kier molecular flexibility index (Phi) is 2.75. The van der Waals surface area contributed by atoms with Crippen molar-refractivity contribution in [1.29, 1.82) is 0 Å². The van der Waals surface area contributed by atoms with Crippen LogP contribution in [-0.4, -0.2) is 38.1 Å². The number of rotatable bonds is 5. The lowest BCUT2D eigenvalue weighted by atomic mass is 10.0. The minimum absolute atomic E-state index is 0.531. The van der Waals surface area contributed by atoms with Crippen LogP contribution in [0.2, 0.25) is 0 Å². The first kappa shape index (κ1) is 10.6. The topological polar surface area (TPSA) is 63.0 Å². The number of aryl methyl sites for hydroxylation is 1. The highest BCUT2D eigenvalue weighted by atomic mass is 16.3. The van der Waals surface area contributed by atoms with Crippen molar-refractivity contribution >= 4 is 0 Å². The van der Waals surface area contributed by atoms with Crippen molar-refractivity contribution in [3.63, 3.8) is 0 Å². The molecule has 0 amide bonds. The lowest BCUT2D eigenvalue weighted by Gasteiger charge is -2.23. The minimum atomic E-state index is -0.747. The summed E-state index contributed by atoms with van der Waals surface area (Å²) >= 11 is 0. The zero-order valence-corrected chi connectivity index (χ0v) is 9.27. The quantitative estimate of drug-likeness (QED) is 0.710. The average Bonchev–Trinajstić information content (AvgIpc) is 2.90. The van der Waals surface area contributed by atoms with Gasteiger partial charge in [-0.1, -0.05) is 0 Å². The van der Waals surface area contributed by atoms with Gasteiger partial charge in [-0.05, 0) is 19.8 Å². The van der Waals surface area contributed by atoms with Crippen molar-refractivity contribution in [3.8, 4) is 0 Å². The first-order valence-electron chi connectivity index (χ1n) is 5.35. The van der Waals surface area contributed by atoms with Crippen molar-refractivity contribution in [2.75, 3.05) is 6.54 Å². The fourth-order valence-electron chi connectivity index (χ4n) is 1.53. The average molecular weight is 210 g/mol. The molecule has 1 fully saturated rings. The summed E-state index contributed by atoms with van der Waals surface area (Å²) < 4.78 is 1.70. The molecular formula is C10H18N4O. The van der Waals surface area contributed by atoms with Crippen LogP contribution in [0.4, 0.5) is 0 Å². The Labute approximate surface area is 89.5 Å². The zero-order valence-electron chi connectivity index (χ0n) is 9.27. The SMILES string of the molecule is Cn1ncnc1CC(C)(O)CNC1CC1. The zero-order chi connectivity index (χ0) is 10.9. The first-order valence-corrected chi connectivity index (χ1v) is 5.35. The third-order valence-corrected chi connectivity index (χ3v) is 2.69. The van der Waals surface area contributed by atoms with Gasteiger partial charge in [0.1, 0.15) is 12.2 Å². The molecule has 1 aromatic heterocycles. The van der Waals surface area contributed by atoms with E-state index < -0.39 is 5.60 Å². The van der Waals surface area contributed by atoms with E-state index in [9.17, 15) is 5.11 Å². The number of hydrogen-bond acceptors (Lipinski definition) is 4. The summed E-state index contributed by atoms with van der Waals surface area (Å²) in [4.78, 5) is 4.11. The molecule has 15 heavy (non-hydrogen) atoms. The number of nitrogens with one attached hydrogen (secondary N) is 1. The molecule has 5 nitrogen and oxygen atoms in total. The molecule has 1 heterocycles. The number of hydrogen-bond donors (Lipinski definition) is 2. The fourth-order valence-corrected chi connectivity index (χ4v) is 1.53. The van der Waals surface area contributed by atoms with Gasteiger partial charge in [-0.2, -0.15) is 5.10 Å². The maximum atomic E-state index is 10.1. The molecule has 2 rings (SSSR count). The van der Waals surface area contributed by atoms with Crippen LogP contribution in [0.3, 0.4) is 0 Å². The van der Waals surface area contributed by atoms with E-state index in [4.69, 9.17) is 0 Å². The molecule has 1 aromatic rings. The van der Waals surface area contributed by atoms with E-state index in [1.165, 1.54) is 19.2 Å². The van der Waals surface area contributed by atoms with Gasteiger partial charge < -0.3 is 10.4 Å². The summed E-state index contributed by atoms with van der Waals surface area (Å²) in [7, 11) is 1.84. The van der Waals surface area contributed by atoms with Crippen LogP contribution in [0.5, 0.6) is 0 Å². The van der Waals surface area contributed by atoms with Crippen LogP contribution < -0.4 is 5.32 Å². The summed E-state index contributed by atoms with van der Waals surface area (Å²) in [5.74, 6) is 0.817. The van der Waals surface area contributed by atoms with E-state index in [2.05, 4.69) is 15.4 Å². The molecule has 1 atom stereocenters. The smallest absolute Gasteiger partial charge is 0.138 e. The van der Waals surface area contributed by atoms with E-state index in [0.717, 1.165) is 5.82 Å². The van der Waals surface area contributed by atoms with Crippen LogP contribution in [0.1, 0.15) is 25.6 Å². The Bertz CT molecular complexity index is 330. The highest BCUT2D eigenvalue weighted by Gasteiger charge is 2.27. The third-order valence-electron chi connectivity index (χ3n) is 2.69. The normalized spacial score (nSPS) is 20.2. The fraction of sp³-hybridized carbons (Fsp3) is 0.800. The van der Waals surface area contributed by atoms with Gasteiger partial charge in [-0.15, -0.1) is 0 Å². The monoisotopic (exact) mass is 210 g/mol. The van der Waals surface area contributed by atoms with Gasteiger partial charge in [0.15, 0.2) is 0 Å². The predicted octanol–water partition coefficient (Wildman–Crippen LogP) is -0.139. The Morgan fingerprint density at radius 2 is 2.40 bits per heavy atom. The Morgan fingerprint density at radius 3 is 2.93 bits per heavy atom. The maximum Gasteiger partial charge on any atom is 0.138 e. The summed E-state index contributed by atoms with van der Waals surface area (Å²) in [6, 6.07) is 0.621. The second kappa shape index (κ2) is 3.90. The Hall–Kier alpha value is -0.940. The second-order valence-corrected chi connectivity index (χ2v) is 4.63. The predicted molar refractivity (Wildman–Crippen MR) is 56.4 cm³/mol. The summed E-state index contributed by atoms with van der Waals surface area (Å²) in [5, 5.41) is 17.4.